The number of aryl methyl sites for hydroxylation is 1. The van der Waals surface area contributed by atoms with Crippen molar-refractivity contribution >= 4 is 49.2 Å². The summed E-state index contributed by atoms with van der Waals surface area (Å²) in [5, 5.41) is 4.24. The van der Waals surface area contributed by atoms with Crippen LogP contribution in [-0.4, -0.2) is 28.5 Å². The van der Waals surface area contributed by atoms with Crippen molar-refractivity contribution in [3.63, 3.8) is 0 Å². The van der Waals surface area contributed by atoms with Crippen LogP contribution in [0.25, 0.3) is 0 Å². The molecule has 0 unspecified atom stereocenters. The molecule has 0 spiro atoms. The summed E-state index contributed by atoms with van der Waals surface area (Å²) in [5.41, 5.74) is 0.786. The standard InChI is InChI=1S/C14H16BrCl2N3O2S/c1-9(2)20(8-10-6-18-19(3)7-10)23(21,22)14-12(16)4-11(15)5-13(14)17/h4-7,9H,8H2,1-3H3. The van der Waals surface area contributed by atoms with Crippen LogP contribution in [0.5, 0.6) is 0 Å². The second-order valence-corrected chi connectivity index (χ2v) is 8.92. The molecule has 0 saturated carbocycles. The number of nitrogens with zero attached hydrogens (tertiary/aromatic N) is 3. The van der Waals surface area contributed by atoms with Crippen molar-refractivity contribution < 1.29 is 8.42 Å². The van der Waals surface area contributed by atoms with E-state index in [-0.39, 0.29) is 27.5 Å². The Kier molecular flexibility index (Phi) is 5.79. The number of hydrogen-bond donors (Lipinski definition) is 0. The third-order valence-corrected chi connectivity index (χ3v) is 6.60. The zero-order valence-corrected chi connectivity index (χ0v) is 16.7. The Balaban J connectivity index is 2.49. The molecule has 0 fully saturated rings. The topological polar surface area (TPSA) is 55.2 Å². The van der Waals surface area contributed by atoms with Crippen LogP contribution in [0.1, 0.15) is 19.4 Å². The predicted molar refractivity (Wildman–Crippen MR) is 95.2 cm³/mol. The van der Waals surface area contributed by atoms with Gasteiger partial charge >= 0.3 is 0 Å². The van der Waals surface area contributed by atoms with Crippen molar-refractivity contribution in [3.8, 4) is 0 Å². The lowest BCUT2D eigenvalue weighted by Gasteiger charge is -2.26. The Morgan fingerprint density at radius 2 is 1.87 bits per heavy atom. The van der Waals surface area contributed by atoms with Crippen LogP contribution in [-0.2, 0) is 23.6 Å². The fourth-order valence-electron chi connectivity index (χ4n) is 2.17. The molecule has 0 amide bonds. The second kappa shape index (κ2) is 7.11. The van der Waals surface area contributed by atoms with E-state index in [1.165, 1.54) is 16.4 Å². The maximum Gasteiger partial charge on any atom is 0.246 e. The van der Waals surface area contributed by atoms with Gasteiger partial charge in [0.1, 0.15) is 4.90 Å². The maximum atomic E-state index is 13.1. The van der Waals surface area contributed by atoms with Crippen LogP contribution < -0.4 is 0 Å². The lowest BCUT2D eigenvalue weighted by Crippen LogP contribution is -2.36. The minimum atomic E-state index is -3.86. The number of hydrogen-bond acceptors (Lipinski definition) is 3. The third kappa shape index (κ3) is 4.09. The summed E-state index contributed by atoms with van der Waals surface area (Å²) in [6, 6.07) is 2.77. The molecule has 0 bridgehead atoms. The van der Waals surface area contributed by atoms with Crippen LogP contribution >= 0.6 is 39.1 Å². The number of rotatable bonds is 5. The van der Waals surface area contributed by atoms with E-state index < -0.39 is 10.0 Å². The molecule has 0 radical (unpaired) electrons. The molecular weight excluding hydrogens is 425 g/mol. The van der Waals surface area contributed by atoms with Crippen LogP contribution in [0.3, 0.4) is 0 Å². The SMILES string of the molecule is CC(C)N(Cc1cnn(C)c1)S(=O)(=O)c1c(Cl)cc(Br)cc1Cl. The van der Waals surface area contributed by atoms with E-state index in [1.807, 2.05) is 0 Å². The van der Waals surface area contributed by atoms with Gasteiger partial charge in [0.25, 0.3) is 0 Å². The van der Waals surface area contributed by atoms with Gasteiger partial charge in [-0.1, -0.05) is 39.1 Å². The Hall–Kier alpha value is -0.600. The van der Waals surface area contributed by atoms with Crippen molar-refractivity contribution in [1.29, 1.82) is 0 Å². The Labute approximate surface area is 154 Å². The van der Waals surface area contributed by atoms with E-state index in [4.69, 9.17) is 23.2 Å². The normalized spacial score (nSPS) is 12.3. The highest BCUT2D eigenvalue weighted by molar-refractivity contribution is 9.10. The number of halogens is 3. The van der Waals surface area contributed by atoms with Gasteiger partial charge in [0.05, 0.1) is 16.2 Å². The molecule has 23 heavy (non-hydrogen) atoms. The molecule has 0 aliphatic heterocycles. The molecule has 126 valence electrons. The fraction of sp³-hybridized carbons (Fsp3) is 0.357. The number of benzene rings is 1. The van der Waals surface area contributed by atoms with E-state index in [0.29, 0.717) is 4.47 Å². The lowest BCUT2D eigenvalue weighted by molar-refractivity contribution is 0.348. The van der Waals surface area contributed by atoms with Gasteiger partial charge in [-0.05, 0) is 26.0 Å². The van der Waals surface area contributed by atoms with Crippen molar-refractivity contribution in [2.75, 3.05) is 0 Å². The highest BCUT2D eigenvalue weighted by Crippen LogP contribution is 2.35. The molecule has 2 aromatic rings. The molecule has 9 heteroatoms. The second-order valence-electron chi connectivity index (χ2n) is 5.36. The van der Waals surface area contributed by atoms with Gasteiger partial charge in [0.15, 0.2) is 0 Å². The van der Waals surface area contributed by atoms with Crippen molar-refractivity contribution in [2.24, 2.45) is 7.05 Å². The summed E-state index contributed by atoms with van der Waals surface area (Å²) in [6.45, 7) is 3.79. The average molecular weight is 441 g/mol. The zero-order chi connectivity index (χ0) is 17.4. The smallest absolute Gasteiger partial charge is 0.246 e. The quantitative estimate of drug-likeness (QED) is 0.703. The van der Waals surface area contributed by atoms with Gasteiger partial charge in [-0.2, -0.15) is 9.40 Å². The Morgan fingerprint density at radius 1 is 1.30 bits per heavy atom. The summed E-state index contributed by atoms with van der Waals surface area (Å²) >= 11 is 15.5. The summed E-state index contributed by atoms with van der Waals surface area (Å²) in [5.74, 6) is 0. The van der Waals surface area contributed by atoms with Crippen LogP contribution in [0.15, 0.2) is 33.9 Å². The summed E-state index contributed by atoms with van der Waals surface area (Å²) < 4.78 is 29.7. The van der Waals surface area contributed by atoms with E-state index in [0.717, 1.165) is 5.56 Å². The zero-order valence-electron chi connectivity index (χ0n) is 12.8. The molecule has 0 aliphatic carbocycles. The maximum absolute atomic E-state index is 13.1. The van der Waals surface area contributed by atoms with E-state index in [9.17, 15) is 8.42 Å². The molecule has 1 aromatic carbocycles. The molecule has 2 rings (SSSR count). The molecule has 0 saturated heterocycles. The van der Waals surface area contributed by atoms with Crippen molar-refractivity contribution in [3.05, 3.63) is 44.6 Å². The van der Waals surface area contributed by atoms with Gasteiger partial charge in [-0.15, -0.1) is 0 Å². The third-order valence-electron chi connectivity index (χ3n) is 3.20. The van der Waals surface area contributed by atoms with Gasteiger partial charge in [0.2, 0.25) is 10.0 Å². The predicted octanol–water partition coefficient (Wildman–Crippen LogP) is 4.09. The average Bonchev–Trinajstić information content (AvgIpc) is 2.79. The molecule has 0 N–H and O–H groups in total. The lowest BCUT2D eigenvalue weighted by atomic mass is 10.3. The first-order valence-corrected chi connectivity index (χ1v) is 9.75. The Bertz CT molecular complexity index is 798. The first kappa shape index (κ1) is 18.7. The fourth-order valence-corrected chi connectivity index (χ4v) is 5.68. The summed E-state index contributed by atoms with van der Waals surface area (Å²) in [6.07, 6.45) is 3.41. The minimum absolute atomic E-state index is 0.0818. The highest BCUT2D eigenvalue weighted by atomic mass is 79.9. The summed E-state index contributed by atoms with van der Waals surface area (Å²) in [4.78, 5) is -0.0818. The molecule has 0 atom stereocenters. The van der Waals surface area contributed by atoms with E-state index >= 15 is 0 Å². The van der Waals surface area contributed by atoms with Gasteiger partial charge in [0, 0.05) is 35.9 Å². The molecule has 0 aliphatic rings. The van der Waals surface area contributed by atoms with Crippen LogP contribution in [0, 0.1) is 0 Å². The van der Waals surface area contributed by atoms with Crippen molar-refractivity contribution in [2.45, 2.75) is 31.3 Å². The van der Waals surface area contributed by atoms with E-state index in [2.05, 4.69) is 21.0 Å². The molecule has 1 heterocycles. The van der Waals surface area contributed by atoms with E-state index in [1.54, 1.807) is 38.0 Å². The molecule has 1 aromatic heterocycles. The highest BCUT2D eigenvalue weighted by Gasteiger charge is 2.31. The van der Waals surface area contributed by atoms with Crippen LogP contribution in [0.2, 0.25) is 10.0 Å². The number of sulfonamides is 1. The molecule has 5 nitrogen and oxygen atoms in total. The summed E-state index contributed by atoms with van der Waals surface area (Å²) in [7, 11) is -2.08. The minimum Gasteiger partial charge on any atom is -0.275 e. The van der Waals surface area contributed by atoms with Crippen LogP contribution in [0.4, 0.5) is 0 Å². The van der Waals surface area contributed by atoms with Gasteiger partial charge < -0.3 is 0 Å². The van der Waals surface area contributed by atoms with Crippen molar-refractivity contribution in [1.82, 2.24) is 14.1 Å². The first-order valence-electron chi connectivity index (χ1n) is 6.77. The Morgan fingerprint density at radius 3 is 2.30 bits per heavy atom. The first-order chi connectivity index (χ1) is 10.6. The largest absolute Gasteiger partial charge is 0.275 e. The molecular formula is C14H16BrCl2N3O2S. The van der Waals surface area contributed by atoms with Gasteiger partial charge in [-0.3, -0.25) is 4.68 Å². The monoisotopic (exact) mass is 439 g/mol. The number of aromatic nitrogens is 2. The van der Waals surface area contributed by atoms with Gasteiger partial charge in [-0.25, -0.2) is 8.42 Å².